The normalized spacial score (nSPS) is 10.6. The number of benzene rings is 2. The Labute approximate surface area is 184 Å². The van der Waals surface area contributed by atoms with E-state index in [9.17, 15) is 14.9 Å². The molecule has 1 N–H and O–H groups in total. The number of carbonyl (C=O) groups is 1. The molecule has 2 aromatic carbocycles. The summed E-state index contributed by atoms with van der Waals surface area (Å²) in [7, 11) is 0. The van der Waals surface area contributed by atoms with E-state index in [1.165, 1.54) is 35.1 Å². The summed E-state index contributed by atoms with van der Waals surface area (Å²) >= 11 is 6.92. The second kappa shape index (κ2) is 8.90. The first-order valence-electron chi connectivity index (χ1n) is 8.74. The van der Waals surface area contributed by atoms with E-state index >= 15 is 0 Å². The fraction of sp³-hybridized carbons (Fsp3) is 0. The molecule has 0 spiro atoms. The van der Waals surface area contributed by atoms with Gasteiger partial charge in [-0.05, 0) is 52.5 Å². The van der Waals surface area contributed by atoms with Crippen LogP contribution in [-0.4, -0.2) is 36.0 Å². The average molecular weight is 454 g/mol. The molecule has 0 aliphatic carbocycles. The molecule has 12 heteroatoms. The van der Waals surface area contributed by atoms with Gasteiger partial charge >= 0.3 is 0 Å². The van der Waals surface area contributed by atoms with Crippen molar-refractivity contribution < 1.29 is 9.72 Å². The van der Waals surface area contributed by atoms with Crippen molar-refractivity contribution in [1.29, 1.82) is 0 Å². The number of non-ortho nitro benzene ring substituents is 1. The number of nitrogens with one attached hydrogen (secondary N) is 1. The number of para-hydroxylation sites is 1. The second-order valence-corrected chi connectivity index (χ2v) is 7.51. The number of aromatic nitrogens is 5. The quantitative estimate of drug-likeness (QED) is 0.342. The lowest BCUT2D eigenvalue weighted by Gasteiger charge is -2.10. The molecule has 4 rings (SSSR count). The highest BCUT2D eigenvalue weighted by Crippen LogP contribution is 2.32. The van der Waals surface area contributed by atoms with Crippen LogP contribution in [0.5, 0.6) is 0 Å². The van der Waals surface area contributed by atoms with Gasteiger partial charge in [-0.2, -0.15) is 4.68 Å². The van der Waals surface area contributed by atoms with E-state index in [4.69, 9.17) is 11.6 Å². The molecule has 0 fully saturated rings. The Balaban J connectivity index is 1.68. The maximum atomic E-state index is 12.9. The van der Waals surface area contributed by atoms with Crippen molar-refractivity contribution in [2.75, 3.05) is 5.32 Å². The van der Waals surface area contributed by atoms with Crippen molar-refractivity contribution >= 4 is 40.8 Å². The maximum Gasteiger partial charge on any atom is 0.270 e. The van der Waals surface area contributed by atoms with Crippen LogP contribution in [0.1, 0.15) is 10.4 Å². The monoisotopic (exact) mass is 453 g/mol. The number of amides is 1. The smallest absolute Gasteiger partial charge is 0.270 e. The van der Waals surface area contributed by atoms with Crippen molar-refractivity contribution in [2.45, 2.75) is 10.1 Å². The van der Waals surface area contributed by atoms with Crippen LogP contribution in [0.25, 0.3) is 5.69 Å². The molecule has 10 nitrogen and oxygen atoms in total. The zero-order valence-electron chi connectivity index (χ0n) is 15.5. The van der Waals surface area contributed by atoms with Crippen LogP contribution in [0.2, 0.25) is 5.02 Å². The maximum absolute atomic E-state index is 12.9. The minimum Gasteiger partial charge on any atom is -0.307 e. The molecule has 0 unspecified atom stereocenters. The van der Waals surface area contributed by atoms with E-state index in [0.717, 1.165) is 17.4 Å². The van der Waals surface area contributed by atoms with Crippen LogP contribution in [-0.2, 0) is 0 Å². The van der Waals surface area contributed by atoms with E-state index in [0.29, 0.717) is 15.1 Å². The number of nitrogens with zero attached hydrogens (tertiary/aromatic N) is 6. The zero-order valence-corrected chi connectivity index (χ0v) is 17.1. The third kappa shape index (κ3) is 4.68. The van der Waals surface area contributed by atoms with Gasteiger partial charge in [-0.3, -0.25) is 14.9 Å². The van der Waals surface area contributed by atoms with E-state index in [2.05, 4.69) is 25.8 Å². The average Bonchev–Trinajstić information content (AvgIpc) is 3.24. The molecule has 1 amide bonds. The molecule has 0 aliphatic heterocycles. The molecular weight excluding hydrogens is 442 g/mol. The van der Waals surface area contributed by atoms with Crippen LogP contribution in [0, 0.1) is 10.1 Å². The number of hydrogen-bond donors (Lipinski definition) is 1. The summed E-state index contributed by atoms with van der Waals surface area (Å²) in [6, 6.07) is 16.3. The van der Waals surface area contributed by atoms with Gasteiger partial charge in [0.15, 0.2) is 0 Å². The lowest BCUT2D eigenvalue weighted by Crippen LogP contribution is -2.14. The Bertz CT molecular complexity index is 1250. The van der Waals surface area contributed by atoms with E-state index in [1.54, 1.807) is 6.07 Å². The first-order chi connectivity index (χ1) is 15.0. The lowest BCUT2D eigenvalue weighted by molar-refractivity contribution is -0.384. The summed E-state index contributed by atoms with van der Waals surface area (Å²) in [4.78, 5) is 28.0. The highest BCUT2D eigenvalue weighted by molar-refractivity contribution is 7.99. The number of tetrazole rings is 1. The van der Waals surface area contributed by atoms with Gasteiger partial charge in [0.1, 0.15) is 5.82 Å². The Morgan fingerprint density at radius 3 is 2.65 bits per heavy atom. The third-order valence-electron chi connectivity index (χ3n) is 4.03. The zero-order chi connectivity index (χ0) is 21.8. The highest BCUT2D eigenvalue weighted by Gasteiger charge is 2.20. The van der Waals surface area contributed by atoms with Crippen LogP contribution in [0.15, 0.2) is 76.9 Å². The topological polar surface area (TPSA) is 129 Å². The molecule has 0 bridgehead atoms. The molecule has 0 atom stereocenters. The number of hydrogen-bond acceptors (Lipinski definition) is 8. The van der Waals surface area contributed by atoms with Gasteiger partial charge in [-0.25, -0.2) is 4.98 Å². The summed E-state index contributed by atoms with van der Waals surface area (Å²) in [6.07, 6.45) is 1.38. The van der Waals surface area contributed by atoms with Crippen LogP contribution < -0.4 is 5.32 Å². The van der Waals surface area contributed by atoms with Gasteiger partial charge in [0.2, 0.25) is 5.16 Å². The van der Waals surface area contributed by atoms with Crippen LogP contribution >= 0.6 is 23.4 Å². The number of pyridine rings is 1. The minimum absolute atomic E-state index is 0.0820. The molecule has 2 aromatic heterocycles. The Morgan fingerprint density at radius 2 is 1.94 bits per heavy atom. The minimum atomic E-state index is -0.570. The van der Waals surface area contributed by atoms with Gasteiger partial charge in [-0.1, -0.05) is 29.8 Å². The summed E-state index contributed by atoms with van der Waals surface area (Å²) in [5, 5.41) is 26.4. The summed E-state index contributed by atoms with van der Waals surface area (Å²) < 4.78 is 1.51. The standard InChI is InChI=1S/C19H12ClN7O3S/c20-12-6-9-17(21-11-12)22-18(28)15-10-14(27(29)30)7-8-16(15)31-19-23-24-25-26(19)13-4-2-1-3-5-13/h1-11H,(H,21,22,28). The van der Waals surface area contributed by atoms with Crippen molar-refractivity contribution in [2.24, 2.45) is 0 Å². The Kier molecular flexibility index (Phi) is 5.87. The van der Waals surface area contributed by atoms with Crippen molar-refractivity contribution in [3.05, 3.63) is 87.6 Å². The Morgan fingerprint density at radius 1 is 1.13 bits per heavy atom. The SMILES string of the molecule is O=C(Nc1ccc(Cl)cn1)c1cc([N+](=O)[O-])ccc1Sc1nnnn1-c1ccccc1. The highest BCUT2D eigenvalue weighted by atomic mass is 35.5. The van der Waals surface area contributed by atoms with Crippen LogP contribution in [0.4, 0.5) is 11.5 Å². The first kappa shape index (κ1) is 20.4. The second-order valence-electron chi connectivity index (χ2n) is 6.06. The van der Waals surface area contributed by atoms with Gasteiger partial charge in [-0.15, -0.1) is 5.10 Å². The van der Waals surface area contributed by atoms with Gasteiger partial charge in [0.25, 0.3) is 11.6 Å². The van der Waals surface area contributed by atoms with Gasteiger partial charge in [0, 0.05) is 23.2 Å². The molecule has 0 saturated heterocycles. The fourth-order valence-electron chi connectivity index (χ4n) is 2.60. The predicted octanol–water partition coefficient (Wildman–Crippen LogP) is 4.02. The molecule has 154 valence electrons. The first-order valence-corrected chi connectivity index (χ1v) is 9.94. The van der Waals surface area contributed by atoms with Crippen LogP contribution in [0.3, 0.4) is 0 Å². The molecule has 2 heterocycles. The van der Waals surface area contributed by atoms with Crippen molar-refractivity contribution in [3.8, 4) is 5.69 Å². The van der Waals surface area contributed by atoms with Gasteiger partial charge in [0.05, 0.1) is 21.2 Å². The molecule has 4 aromatic rings. The number of carbonyl (C=O) groups excluding carboxylic acids is 1. The van der Waals surface area contributed by atoms with Crippen molar-refractivity contribution in [3.63, 3.8) is 0 Å². The molecule has 0 radical (unpaired) electrons. The lowest BCUT2D eigenvalue weighted by atomic mass is 10.2. The molecule has 0 saturated carbocycles. The largest absolute Gasteiger partial charge is 0.307 e. The molecule has 0 aliphatic rings. The Hall–Kier alpha value is -3.83. The number of nitro groups is 1. The third-order valence-corrected chi connectivity index (χ3v) is 5.27. The summed E-state index contributed by atoms with van der Waals surface area (Å²) in [5.41, 5.74) is 0.591. The van der Waals surface area contributed by atoms with Gasteiger partial charge < -0.3 is 5.32 Å². The number of rotatable bonds is 6. The number of anilines is 1. The van der Waals surface area contributed by atoms with E-state index in [1.807, 2.05) is 30.3 Å². The number of halogens is 1. The van der Waals surface area contributed by atoms with E-state index < -0.39 is 10.8 Å². The predicted molar refractivity (Wildman–Crippen MR) is 114 cm³/mol. The van der Waals surface area contributed by atoms with E-state index in [-0.39, 0.29) is 17.1 Å². The van der Waals surface area contributed by atoms with Crippen molar-refractivity contribution in [1.82, 2.24) is 25.2 Å². The fourth-order valence-corrected chi connectivity index (χ4v) is 3.62. The summed E-state index contributed by atoms with van der Waals surface area (Å²) in [6.45, 7) is 0. The molecule has 31 heavy (non-hydrogen) atoms. The summed E-state index contributed by atoms with van der Waals surface area (Å²) in [5.74, 6) is -0.314. The number of nitro benzene ring substituents is 1. The molecular formula is C19H12ClN7O3S.